The highest BCUT2D eigenvalue weighted by atomic mass is 19.1. The van der Waals surface area contributed by atoms with Crippen LogP contribution in [0.2, 0.25) is 0 Å². The number of rotatable bonds is 4. The van der Waals surface area contributed by atoms with E-state index in [-0.39, 0.29) is 11.8 Å². The molecule has 0 bridgehead atoms. The summed E-state index contributed by atoms with van der Waals surface area (Å²) >= 11 is 0. The molecule has 2 fully saturated rings. The van der Waals surface area contributed by atoms with Crippen molar-refractivity contribution in [1.29, 1.82) is 0 Å². The van der Waals surface area contributed by atoms with Crippen LogP contribution in [-0.4, -0.2) is 67.7 Å². The van der Waals surface area contributed by atoms with Crippen LogP contribution >= 0.6 is 0 Å². The van der Waals surface area contributed by atoms with Crippen LogP contribution in [0.1, 0.15) is 30.1 Å². The number of piperazine rings is 1. The molecule has 2 atom stereocenters. The Morgan fingerprint density at radius 2 is 2.00 bits per heavy atom. The summed E-state index contributed by atoms with van der Waals surface area (Å²) in [5.74, 6) is -2.35. The van der Waals surface area contributed by atoms with E-state index in [1.54, 1.807) is 0 Å². The number of hydrogen-bond donors (Lipinski definition) is 0. The van der Waals surface area contributed by atoms with Crippen LogP contribution in [0.15, 0.2) is 12.1 Å². The number of carbonyl (C=O) groups excluding carboxylic acids is 1. The van der Waals surface area contributed by atoms with Gasteiger partial charge in [0.15, 0.2) is 0 Å². The number of hydrogen-bond acceptors (Lipinski definition) is 4. The van der Waals surface area contributed by atoms with Gasteiger partial charge in [0.2, 0.25) is 0 Å². The molecular formula is C18H24F2N2O3. The minimum atomic E-state index is -0.895. The predicted molar refractivity (Wildman–Crippen MR) is 88.8 cm³/mol. The lowest BCUT2D eigenvalue weighted by Gasteiger charge is -2.48. The Bertz CT molecular complexity index is 616. The lowest BCUT2D eigenvalue weighted by atomic mass is 10.0. The molecule has 2 aliphatic rings. The topological polar surface area (TPSA) is 42.0 Å². The smallest absolute Gasteiger partial charge is 0.259 e. The van der Waals surface area contributed by atoms with Gasteiger partial charge in [-0.05, 0) is 6.42 Å². The van der Waals surface area contributed by atoms with Gasteiger partial charge >= 0.3 is 0 Å². The van der Waals surface area contributed by atoms with Gasteiger partial charge in [0, 0.05) is 37.8 Å². The Morgan fingerprint density at radius 1 is 1.28 bits per heavy atom. The maximum Gasteiger partial charge on any atom is 0.259 e. The van der Waals surface area contributed by atoms with Crippen molar-refractivity contribution >= 4 is 5.91 Å². The minimum Gasteiger partial charge on any atom is -0.497 e. The lowest BCUT2D eigenvalue weighted by molar-refractivity contribution is -0.0777. The molecule has 5 nitrogen and oxygen atoms in total. The van der Waals surface area contributed by atoms with E-state index in [2.05, 4.69) is 11.8 Å². The molecule has 0 N–H and O–H groups in total. The molecular weight excluding hydrogens is 330 g/mol. The molecule has 7 heteroatoms. The number of fused-ring (bicyclic) bond motifs is 1. The summed E-state index contributed by atoms with van der Waals surface area (Å²) in [6.45, 7) is 4.96. The average Bonchev–Trinajstić information content (AvgIpc) is 2.61. The van der Waals surface area contributed by atoms with Gasteiger partial charge in [-0.15, -0.1) is 0 Å². The number of benzene rings is 1. The molecule has 1 amide bonds. The molecule has 0 unspecified atom stereocenters. The highest BCUT2D eigenvalue weighted by molar-refractivity contribution is 5.95. The van der Waals surface area contributed by atoms with E-state index in [1.165, 1.54) is 12.0 Å². The van der Waals surface area contributed by atoms with Gasteiger partial charge < -0.3 is 14.4 Å². The standard InChI is InChI=1S/C18H24F2N2O3/c1-3-4-12-10-25-11-13-9-21(5-6-22(12)13)18(23)17-15(19)7-14(24-2)8-16(17)20/h7-8,12-13H,3-6,9-11H2,1-2H3/t12-,13+/m0/s1. The number of morpholine rings is 1. The van der Waals surface area contributed by atoms with E-state index in [0.717, 1.165) is 25.0 Å². The van der Waals surface area contributed by atoms with Gasteiger partial charge in [0.1, 0.15) is 22.9 Å². The third-order valence-corrected chi connectivity index (χ3v) is 4.99. The Kier molecular flexibility index (Phi) is 5.54. The highest BCUT2D eigenvalue weighted by Crippen LogP contribution is 2.25. The molecule has 0 spiro atoms. The van der Waals surface area contributed by atoms with Crippen molar-refractivity contribution in [2.24, 2.45) is 0 Å². The van der Waals surface area contributed by atoms with E-state index in [1.807, 2.05) is 0 Å². The van der Waals surface area contributed by atoms with Crippen molar-refractivity contribution in [1.82, 2.24) is 9.80 Å². The van der Waals surface area contributed by atoms with E-state index >= 15 is 0 Å². The third-order valence-electron chi connectivity index (χ3n) is 4.99. The summed E-state index contributed by atoms with van der Waals surface area (Å²) < 4.78 is 38.9. The van der Waals surface area contributed by atoms with Crippen LogP contribution in [0.3, 0.4) is 0 Å². The van der Waals surface area contributed by atoms with Crippen LogP contribution in [0, 0.1) is 11.6 Å². The number of methoxy groups -OCH3 is 1. The first-order valence-electron chi connectivity index (χ1n) is 8.71. The normalized spacial score (nSPS) is 24.1. The summed E-state index contributed by atoms with van der Waals surface area (Å²) in [5, 5.41) is 0. The minimum absolute atomic E-state index is 0.0551. The van der Waals surface area contributed by atoms with E-state index in [9.17, 15) is 13.6 Å². The van der Waals surface area contributed by atoms with Gasteiger partial charge in [0.25, 0.3) is 5.91 Å². The molecule has 2 aliphatic heterocycles. The molecule has 25 heavy (non-hydrogen) atoms. The zero-order chi connectivity index (χ0) is 18.0. The largest absolute Gasteiger partial charge is 0.497 e. The molecule has 3 rings (SSSR count). The summed E-state index contributed by atoms with van der Waals surface area (Å²) in [6, 6.07) is 2.50. The van der Waals surface area contributed by atoms with Gasteiger partial charge in [-0.2, -0.15) is 0 Å². The fraction of sp³-hybridized carbons (Fsp3) is 0.611. The second-order valence-electron chi connectivity index (χ2n) is 6.59. The Morgan fingerprint density at radius 3 is 2.64 bits per heavy atom. The number of ether oxygens (including phenoxy) is 2. The Balaban J connectivity index is 1.75. The zero-order valence-corrected chi connectivity index (χ0v) is 14.6. The molecule has 0 saturated carbocycles. The molecule has 1 aromatic rings. The van der Waals surface area contributed by atoms with Crippen LogP contribution < -0.4 is 4.74 Å². The monoisotopic (exact) mass is 354 g/mol. The first kappa shape index (κ1) is 18.1. The SMILES string of the molecule is CCC[C@H]1COC[C@H]2CN(C(=O)c3c(F)cc(OC)cc3F)CCN12. The summed E-state index contributed by atoms with van der Waals surface area (Å²) in [4.78, 5) is 16.6. The third kappa shape index (κ3) is 3.62. The average molecular weight is 354 g/mol. The highest BCUT2D eigenvalue weighted by Gasteiger charge is 2.37. The predicted octanol–water partition coefficient (Wildman–Crippen LogP) is 2.30. The van der Waals surface area contributed by atoms with Crippen LogP contribution in [0.4, 0.5) is 8.78 Å². The number of carbonyl (C=O) groups is 1. The fourth-order valence-electron chi connectivity index (χ4n) is 3.73. The van der Waals surface area contributed by atoms with Crippen LogP contribution in [0.25, 0.3) is 0 Å². The summed E-state index contributed by atoms with van der Waals surface area (Å²) in [6.07, 6.45) is 2.12. The van der Waals surface area contributed by atoms with Crippen LogP contribution in [-0.2, 0) is 4.74 Å². The first-order chi connectivity index (χ1) is 12.0. The Hall–Kier alpha value is -1.73. The van der Waals surface area contributed by atoms with Crippen molar-refractivity contribution in [3.8, 4) is 5.75 Å². The van der Waals surface area contributed by atoms with Crippen molar-refractivity contribution in [3.05, 3.63) is 29.3 Å². The van der Waals surface area contributed by atoms with E-state index in [4.69, 9.17) is 9.47 Å². The number of nitrogens with zero attached hydrogens (tertiary/aromatic N) is 2. The van der Waals surface area contributed by atoms with E-state index < -0.39 is 23.1 Å². The zero-order valence-electron chi connectivity index (χ0n) is 14.6. The van der Waals surface area contributed by atoms with Gasteiger partial charge in [0.05, 0.1) is 26.4 Å². The van der Waals surface area contributed by atoms with Crippen molar-refractivity contribution in [2.75, 3.05) is 40.0 Å². The quantitative estimate of drug-likeness (QED) is 0.832. The molecule has 138 valence electrons. The molecule has 0 aromatic heterocycles. The summed E-state index contributed by atoms with van der Waals surface area (Å²) in [7, 11) is 1.32. The second-order valence-corrected chi connectivity index (χ2v) is 6.59. The fourth-order valence-corrected chi connectivity index (χ4v) is 3.73. The molecule has 0 radical (unpaired) electrons. The first-order valence-corrected chi connectivity index (χ1v) is 8.71. The number of halogens is 2. The molecule has 1 aromatic carbocycles. The van der Waals surface area contributed by atoms with Crippen molar-refractivity contribution < 1.29 is 23.0 Å². The molecule has 2 saturated heterocycles. The molecule has 0 aliphatic carbocycles. The van der Waals surface area contributed by atoms with Gasteiger partial charge in [-0.3, -0.25) is 9.69 Å². The maximum atomic E-state index is 14.2. The summed E-state index contributed by atoms with van der Waals surface area (Å²) in [5.41, 5.74) is -0.518. The maximum absolute atomic E-state index is 14.2. The van der Waals surface area contributed by atoms with Gasteiger partial charge in [-0.1, -0.05) is 13.3 Å². The Labute approximate surface area is 146 Å². The molecule has 2 heterocycles. The second kappa shape index (κ2) is 7.66. The van der Waals surface area contributed by atoms with Crippen LogP contribution in [0.5, 0.6) is 5.75 Å². The lowest BCUT2D eigenvalue weighted by Crippen LogP contribution is -2.62. The number of amides is 1. The van der Waals surface area contributed by atoms with E-state index in [0.29, 0.717) is 38.9 Å². The van der Waals surface area contributed by atoms with Crippen molar-refractivity contribution in [3.63, 3.8) is 0 Å². The van der Waals surface area contributed by atoms with Gasteiger partial charge in [-0.25, -0.2) is 8.78 Å². The van der Waals surface area contributed by atoms with Crippen molar-refractivity contribution in [2.45, 2.75) is 31.8 Å².